The Hall–Kier alpha value is -1.53. The van der Waals surface area contributed by atoms with E-state index < -0.39 is 18.1 Å². The first-order valence-electron chi connectivity index (χ1n) is 6.26. The Kier molecular flexibility index (Phi) is 5.59. The molecular formula is C15H19NO2SSi. The molecule has 0 aromatic heterocycles. The van der Waals surface area contributed by atoms with Crippen molar-refractivity contribution < 1.29 is 8.42 Å². The van der Waals surface area contributed by atoms with Crippen LogP contribution in [0.15, 0.2) is 35.2 Å². The molecular weight excluding hydrogens is 286 g/mol. The lowest BCUT2D eigenvalue weighted by Gasteiger charge is -2.17. The molecule has 0 aliphatic carbocycles. The van der Waals surface area contributed by atoms with E-state index >= 15 is 0 Å². The molecule has 0 bridgehead atoms. The van der Waals surface area contributed by atoms with Crippen molar-refractivity contribution in [3.63, 3.8) is 0 Å². The molecule has 0 unspecified atom stereocenters. The number of terminal acetylenes is 1. The van der Waals surface area contributed by atoms with E-state index in [0.29, 0.717) is 0 Å². The molecule has 1 aromatic rings. The normalized spacial score (nSPS) is 11.6. The molecule has 3 nitrogen and oxygen atoms in total. The van der Waals surface area contributed by atoms with Crippen molar-refractivity contribution in [3.8, 4) is 23.8 Å². The molecule has 5 heteroatoms. The zero-order chi connectivity index (χ0) is 15.2. The molecule has 20 heavy (non-hydrogen) atoms. The van der Waals surface area contributed by atoms with Crippen LogP contribution in [0.25, 0.3) is 0 Å². The van der Waals surface area contributed by atoms with Crippen molar-refractivity contribution >= 4 is 18.1 Å². The van der Waals surface area contributed by atoms with Crippen LogP contribution >= 0.6 is 0 Å². The van der Waals surface area contributed by atoms with Crippen LogP contribution in [0.2, 0.25) is 19.6 Å². The van der Waals surface area contributed by atoms with Crippen molar-refractivity contribution in [2.24, 2.45) is 0 Å². The Labute approximate surface area is 123 Å². The molecule has 1 aromatic carbocycles. The molecule has 0 heterocycles. The maximum atomic E-state index is 12.5. The third-order valence-electron chi connectivity index (χ3n) is 2.37. The first-order valence-corrected chi connectivity index (χ1v) is 11.2. The minimum atomic E-state index is -3.58. The van der Waals surface area contributed by atoms with Gasteiger partial charge in [-0.1, -0.05) is 49.7 Å². The summed E-state index contributed by atoms with van der Waals surface area (Å²) < 4.78 is 26.1. The van der Waals surface area contributed by atoms with E-state index in [2.05, 4.69) is 37.0 Å². The lowest BCUT2D eigenvalue weighted by molar-refractivity contribution is 0.482. The molecule has 0 saturated carbocycles. The summed E-state index contributed by atoms with van der Waals surface area (Å²) >= 11 is 0. The van der Waals surface area contributed by atoms with Crippen molar-refractivity contribution in [2.75, 3.05) is 13.1 Å². The molecule has 0 saturated heterocycles. The molecule has 0 spiro atoms. The van der Waals surface area contributed by atoms with E-state index in [4.69, 9.17) is 6.42 Å². The van der Waals surface area contributed by atoms with Crippen LogP contribution in [0.3, 0.4) is 0 Å². The fourth-order valence-electron chi connectivity index (χ4n) is 1.46. The van der Waals surface area contributed by atoms with Crippen molar-refractivity contribution in [2.45, 2.75) is 24.5 Å². The molecule has 106 valence electrons. The monoisotopic (exact) mass is 305 g/mol. The van der Waals surface area contributed by atoms with Crippen LogP contribution in [0.5, 0.6) is 0 Å². The topological polar surface area (TPSA) is 37.4 Å². The van der Waals surface area contributed by atoms with Gasteiger partial charge in [0.25, 0.3) is 0 Å². The van der Waals surface area contributed by atoms with E-state index in [0.717, 1.165) is 0 Å². The van der Waals surface area contributed by atoms with Crippen LogP contribution in [0.4, 0.5) is 0 Å². The second kappa shape index (κ2) is 6.76. The van der Waals surface area contributed by atoms with Gasteiger partial charge in [0.15, 0.2) is 0 Å². The van der Waals surface area contributed by atoms with Gasteiger partial charge in [0, 0.05) is 0 Å². The average Bonchev–Trinajstić information content (AvgIpc) is 2.37. The number of benzene rings is 1. The summed E-state index contributed by atoms with van der Waals surface area (Å²) in [5, 5.41) is 0. The predicted molar refractivity (Wildman–Crippen MR) is 85.2 cm³/mol. The van der Waals surface area contributed by atoms with E-state index in [-0.39, 0.29) is 18.0 Å². The third-order valence-corrected chi connectivity index (χ3v) is 5.10. The van der Waals surface area contributed by atoms with Gasteiger partial charge < -0.3 is 0 Å². The molecule has 0 N–H and O–H groups in total. The number of hydrogen-bond donors (Lipinski definition) is 0. The van der Waals surface area contributed by atoms with E-state index in [1.165, 1.54) is 4.31 Å². The quantitative estimate of drug-likeness (QED) is 0.632. The third kappa shape index (κ3) is 4.86. The molecule has 0 radical (unpaired) electrons. The van der Waals surface area contributed by atoms with Crippen LogP contribution in [0.1, 0.15) is 0 Å². The first kappa shape index (κ1) is 16.5. The summed E-state index contributed by atoms with van der Waals surface area (Å²) in [6.45, 7) is 6.48. The largest absolute Gasteiger partial charge is 0.244 e. The summed E-state index contributed by atoms with van der Waals surface area (Å²) in [6.07, 6.45) is 5.27. The van der Waals surface area contributed by atoms with Gasteiger partial charge in [0.05, 0.1) is 18.0 Å². The lowest BCUT2D eigenvalue weighted by Crippen LogP contribution is -2.32. The highest BCUT2D eigenvalue weighted by Gasteiger charge is 2.22. The molecule has 0 aliphatic heterocycles. The second-order valence-corrected chi connectivity index (χ2v) is 12.0. The number of rotatable bonds is 4. The summed E-state index contributed by atoms with van der Waals surface area (Å²) in [7, 11) is -5.10. The Morgan fingerprint density at radius 3 is 2.25 bits per heavy atom. The van der Waals surface area contributed by atoms with E-state index in [1.54, 1.807) is 30.3 Å². The number of sulfonamides is 1. The number of nitrogens with zero attached hydrogens (tertiary/aromatic N) is 1. The van der Waals surface area contributed by atoms with Crippen LogP contribution < -0.4 is 0 Å². The fourth-order valence-corrected chi connectivity index (χ4v) is 3.35. The molecule has 0 aliphatic rings. The van der Waals surface area contributed by atoms with Gasteiger partial charge in [-0.15, -0.1) is 12.0 Å². The maximum absolute atomic E-state index is 12.5. The van der Waals surface area contributed by atoms with Gasteiger partial charge in [0.2, 0.25) is 10.0 Å². The van der Waals surface area contributed by atoms with Gasteiger partial charge in [0.1, 0.15) is 8.07 Å². The molecule has 1 rings (SSSR count). The zero-order valence-electron chi connectivity index (χ0n) is 12.1. The first-order chi connectivity index (χ1) is 9.27. The van der Waals surface area contributed by atoms with Gasteiger partial charge in [-0.05, 0) is 12.1 Å². The Balaban J connectivity index is 3.02. The SMILES string of the molecule is C#CCN(CC#C[Si](C)(C)C)S(=O)(=O)c1ccccc1. The summed E-state index contributed by atoms with van der Waals surface area (Å²) in [5.74, 6) is 5.33. The average molecular weight is 305 g/mol. The van der Waals surface area contributed by atoms with Crippen LogP contribution in [-0.2, 0) is 10.0 Å². The minimum Gasteiger partial charge on any atom is -0.207 e. The minimum absolute atomic E-state index is 0.0254. The standard InChI is InChI=1S/C15H19NO2SSi/c1-5-12-16(13-9-14-20(2,3)4)19(17,18)15-10-7-6-8-11-15/h1,6-8,10-11H,12-13H2,2-4H3. The maximum Gasteiger partial charge on any atom is 0.244 e. The summed E-state index contributed by atoms with van der Waals surface area (Å²) in [4.78, 5) is 0.241. The fraction of sp³-hybridized carbons (Fsp3) is 0.333. The highest BCUT2D eigenvalue weighted by atomic mass is 32.2. The highest BCUT2D eigenvalue weighted by Crippen LogP contribution is 2.14. The lowest BCUT2D eigenvalue weighted by atomic mass is 10.4. The molecule has 0 fully saturated rings. The predicted octanol–water partition coefficient (Wildman–Crippen LogP) is 2.19. The Morgan fingerprint density at radius 1 is 1.15 bits per heavy atom. The van der Waals surface area contributed by atoms with Gasteiger partial charge in [-0.2, -0.15) is 4.31 Å². The smallest absolute Gasteiger partial charge is 0.207 e. The Morgan fingerprint density at radius 2 is 1.75 bits per heavy atom. The zero-order valence-corrected chi connectivity index (χ0v) is 13.9. The van der Waals surface area contributed by atoms with E-state index in [1.807, 2.05) is 0 Å². The molecule has 0 atom stereocenters. The van der Waals surface area contributed by atoms with E-state index in [9.17, 15) is 8.42 Å². The van der Waals surface area contributed by atoms with Gasteiger partial charge in [-0.25, -0.2) is 8.42 Å². The summed E-state index contributed by atoms with van der Waals surface area (Å²) in [5.41, 5.74) is 3.15. The van der Waals surface area contributed by atoms with Crippen LogP contribution in [-0.4, -0.2) is 33.9 Å². The van der Waals surface area contributed by atoms with Crippen molar-refractivity contribution in [3.05, 3.63) is 30.3 Å². The van der Waals surface area contributed by atoms with Crippen molar-refractivity contribution in [1.29, 1.82) is 0 Å². The highest BCUT2D eigenvalue weighted by molar-refractivity contribution is 7.89. The van der Waals surface area contributed by atoms with Gasteiger partial charge in [-0.3, -0.25) is 0 Å². The second-order valence-electron chi connectivity index (χ2n) is 5.34. The summed E-state index contributed by atoms with van der Waals surface area (Å²) in [6, 6.07) is 8.27. The molecule has 0 amide bonds. The van der Waals surface area contributed by atoms with Crippen LogP contribution in [0, 0.1) is 23.8 Å². The number of hydrogen-bond acceptors (Lipinski definition) is 2. The van der Waals surface area contributed by atoms with Crippen molar-refractivity contribution in [1.82, 2.24) is 4.31 Å². The van der Waals surface area contributed by atoms with Gasteiger partial charge >= 0.3 is 0 Å². The Bertz CT molecular complexity index is 643.